The Morgan fingerprint density at radius 1 is 1.18 bits per heavy atom. The Kier molecular flexibility index (Phi) is 6.04. The Morgan fingerprint density at radius 2 is 1.95 bits per heavy atom. The number of rotatable bonds is 6. The van der Waals surface area contributed by atoms with Crippen molar-refractivity contribution in [1.29, 1.82) is 0 Å². The molecule has 4 heteroatoms. The summed E-state index contributed by atoms with van der Waals surface area (Å²) < 4.78 is 5.57. The van der Waals surface area contributed by atoms with E-state index in [4.69, 9.17) is 16.3 Å². The maximum atomic E-state index is 12.0. The van der Waals surface area contributed by atoms with Gasteiger partial charge in [0.15, 0.2) is 0 Å². The minimum atomic E-state index is -0.0569. The lowest BCUT2D eigenvalue weighted by Crippen LogP contribution is -2.29. The van der Waals surface area contributed by atoms with Crippen LogP contribution in [0.15, 0.2) is 60.7 Å². The Hall–Kier alpha value is -2.26. The molecule has 2 aromatic rings. The van der Waals surface area contributed by atoms with Gasteiger partial charge in [-0.1, -0.05) is 48.0 Å². The van der Waals surface area contributed by atoms with Gasteiger partial charge in [0.05, 0.1) is 6.54 Å². The first-order valence-corrected chi connectivity index (χ1v) is 7.39. The van der Waals surface area contributed by atoms with Crippen LogP contribution in [0.3, 0.4) is 0 Å². The second-order valence-electron chi connectivity index (χ2n) is 4.81. The number of benzene rings is 2. The van der Waals surface area contributed by atoms with Crippen molar-refractivity contribution in [2.45, 2.75) is 0 Å². The van der Waals surface area contributed by atoms with E-state index in [2.05, 4.69) is 0 Å². The van der Waals surface area contributed by atoms with Crippen molar-refractivity contribution in [3.63, 3.8) is 0 Å². The van der Waals surface area contributed by atoms with Crippen LogP contribution in [0.2, 0.25) is 5.02 Å². The van der Waals surface area contributed by atoms with E-state index in [0.29, 0.717) is 23.9 Å². The molecule has 0 aliphatic rings. The molecule has 0 aliphatic heterocycles. The molecule has 0 heterocycles. The van der Waals surface area contributed by atoms with Gasteiger partial charge in [-0.25, -0.2) is 0 Å². The smallest absolute Gasteiger partial charge is 0.246 e. The second kappa shape index (κ2) is 8.25. The SMILES string of the molecule is CN(CCOc1cccc(Cl)c1)C(=O)/C=C/c1ccccc1. The summed E-state index contributed by atoms with van der Waals surface area (Å²) in [5.74, 6) is 0.645. The van der Waals surface area contributed by atoms with Gasteiger partial charge in [0, 0.05) is 18.1 Å². The Labute approximate surface area is 135 Å². The van der Waals surface area contributed by atoms with E-state index in [1.807, 2.05) is 42.5 Å². The molecule has 0 radical (unpaired) electrons. The van der Waals surface area contributed by atoms with Crippen LogP contribution in [0.5, 0.6) is 5.75 Å². The standard InChI is InChI=1S/C18H18ClNO2/c1-20(12-13-22-17-9-5-8-16(19)14-17)18(21)11-10-15-6-3-2-4-7-15/h2-11,14H,12-13H2,1H3/b11-10+. The highest BCUT2D eigenvalue weighted by Crippen LogP contribution is 2.16. The van der Waals surface area contributed by atoms with Crippen molar-refractivity contribution in [2.75, 3.05) is 20.2 Å². The zero-order valence-electron chi connectivity index (χ0n) is 12.4. The molecule has 22 heavy (non-hydrogen) atoms. The van der Waals surface area contributed by atoms with Crippen molar-refractivity contribution in [1.82, 2.24) is 4.90 Å². The zero-order valence-corrected chi connectivity index (χ0v) is 13.2. The van der Waals surface area contributed by atoms with Crippen LogP contribution in [0.25, 0.3) is 6.08 Å². The average Bonchev–Trinajstić information content (AvgIpc) is 2.53. The lowest BCUT2D eigenvalue weighted by Gasteiger charge is -2.15. The van der Waals surface area contributed by atoms with Gasteiger partial charge in [0.2, 0.25) is 5.91 Å². The van der Waals surface area contributed by atoms with E-state index in [-0.39, 0.29) is 5.91 Å². The van der Waals surface area contributed by atoms with Gasteiger partial charge in [0.25, 0.3) is 0 Å². The van der Waals surface area contributed by atoms with E-state index < -0.39 is 0 Å². The zero-order chi connectivity index (χ0) is 15.8. The number of nitrogens with zero attached hydrogens (tertiary/aromatic N) is 1. The first-order chi connectivity index (χ1) is 10.6. The minimum Gasteiger partial charge on any atom is -0.492 e. The van der Waals surface area contributed by atoms with Crippen molar-refractivity contribution in [2.24, 2.45) is 0 Å². The summed E-state index contributed by atoms with van der Waals surface area (Å²) in [4.78, 5) is 13.6. The van der Waals surface area contributed by atoms with E-state index in [1.54, 1.807) is 36.2 Å². The number of hydrogen-bond donors (Lipinski definition) is 0. The van der Waals surface area contributed by atoms with Crippen molar-refractivity contribution < 1.29 is 9.53 Å². The fraction of sp³-hybridized carbons (Fsp3) is 0.167. The molecule has 0 N–H and O–H groups in total. The number of halogens is 1. The average molecular weight is 316 g/mol. The Bertz CT molecular complexity index is 641. The predicted molar refractivity (Wildman–Crippen MR) is 90.1 cm³/mol. The summed E-state index contributed by atoms with van der Waals surface area (Å²) in [6, 6.07) is 16.9. The quantitative estimate of drug-likeness (QED) is 0.757. The van der Waals surface area contributed by atoms with Gasteiger partial charge in [-0.05, 0) is 29.8 Å². The van der Waals surface area contributed by atoms with Crippen molar-refractivity contribution in [3.05, 3.63) is 71.3 Å². The summed E-state index contributed by atoms with van der Waals surface area (Å²) >= 11 is 5.88. The molecule has 2 aromatic carbocycles. The molecule has 2 rings (SSSR count). The van der Waals surface area contributed by atoms with Gasteiger partial charge in [-0.2, -0.15) is 0 Å². The molecule has 0 saturated carbocycles. The normalized spacial score (nSPS) is 10.6. The molecule has 0 aromatic heterocycles. The number of likely N-dealkylation sites (N-methyl/N-ethyl adjacent to an activating group) is 1. The predicted octanol–water partition coefficient (Wildman–Crippen LogP) is 3.89. The summed E-state index contributed by atoms with van der Waals surface area (Å²) in [5, 5.41) is 0.632. The molecular formula is C18H18ClNO2. The number of hydrogen-bond acceptors (Lipinski definition) is 2. The van der Waals surface area contributed by atoms with Crippen LogP contribution >= 0.6 is 11.6 Å². The highest BCUT2D eigenvalue weighted by molar-refractivity contribution is 6.30. The van der Waals surface area contributed by atoms with E-state index in [9.17, 15) is 4.79 Å². The molecule has 0 saturated heterocycles. The summed E-state index contributed by atoms with van der Waals surface area (Å²) in [6.45, 7) is 0.923. The summed E-state index contributed by atoms with van der Waals surface area (Å²) in [5.41, 5.74) is 0.999. The van der Waals surface area contributed by atoms with E-state index in [1.165, 1.54) is 0 Å². The van der Waals surface area contributed by atoms with Gasteiger partial charge < -0.3 is 9.64 Å². The van der Waals surface area contributed by atoms with Crippen LogP contribution in [0.1, 0.15) is 5.56 Å². The largest absolute Gasteiger partial charge is 0.492 e. The third-order valence-electron chi connectivity index (χ3n) is 3.09. The van der Waals surface area contributed by atoms with Gasteiger partial charge in [-0.3, -0.25) is 4.79 Å². The molecule has 0 bridgehead atoms. The third-order valence-corrected chi connectivity index (χ3v) is 3.32. The number of carbonyl (C=O) groups is 1. The monoisotopic (exact) mass is 315 g/mol. The molecule has 0 spiro atoms. The number of amides is 1. The Balaban J connectivity index is 1.78. The maximum absolute atomic E-state index is 12.0. The van der Waals surface area contributed by atoms with Crippen LogP contribution in [0.4, 0.5) is 0 Å². The van der Waals surface area contributed by atoms with Crippen molar-refractivity contribution in [3.8, 4) is 5.75 Å². The highest BCUT2D eigenvalue weighted by Gasteiger charge is 2.05. The summed E-state index contributed by atoms with van der Waals surface area (Å²) in [7, 11) is 1.75. The minimum absolute atomic E-state index is 0.0569. The molecule has 1 amide bonds. The van der Waals surface area contributed by atoms with Crippen LogP contribution in [-0.2, 0) is 4.79 Å². The van der Waals surface area contributed by atoms with Gasteiger partial charge in [0.1, 0.15) is 12.4 Å². The molecule has 0 unspecified atom stereocenters. The van der Waals surface area contributed by atoms with E-state index in [0.717, 1.165) is 5.56 Å². The van der Waals surface area contributed by atoms with Crippen LogP contribution < -0.4 is 4.74 Å². The molecule has 0 fully saturated rings. The van der Waals surface area contributed by atoms with Crippen molar-refractivity contribution >= 4 is 23.6 Å². The molecule has 114 valence electrons. The molecule has 3 nitrogen and oxygen atoms in total. The first-order valence-electron chi connectivity index (χ1n) is 7.02. The van der Waals surface area contributed by atoms with Gasteiger partial charge >= 0.3 is 0 Å². The Morgan fingerprint density at radius 3 is 2.68 bits per heavy atom. The molecular weight excluding hydrogens is 298 g/mol. The van der Waals surface area contributed by atoms with Crippen LogP contribution in [0, 0.1) is 0 Å². The van der Waals surface area contributed by atoms with E-state index >= 15 is 0 Å². The van der Waals surface area contributed by atoms with Gasteiger partial charge in [-0.15, -0.1) is 0 Å². The molecule has 0 atom stereocenters. The third kappa shape index (κ3) is 5.26. The lowest BCUT2D eigenvalue weighted by atomic mass is 10.2. The second-order valence-corrected chi connectivity index (χ2v) is 5.25. The summed E-state index contributed by atoms with van der Waals surface area (Å²) in [6.07, 6.45) is 3.37. The number of carbonyl (C=O) groups excluding carboxylic acids is 1. The number of ether oxygens (including phenoxy) is 1. The lowest BCUT2D eigenvalue weighted by molar-refractivity contribution is -0.125. The fourth-order valence-electron chi connectivity index (χ4n) is 1.83. The van der Waals surface area contributed by atoms with Crippen LogP contribution in [-0.4, -0.2) is 31.0 Å². The topological polar surface area (TPSA) is 29.5 Å². The fourth-order valence-corrected chi connectivity index (χ4v) is 2.01. The maximum Gasteiger partial charge on any atom is 0.246 e. The highest BCUT2D eigenvalue weighted by atomic mass is 35.5. The first kappa shape index (κ1) is 16.1. The molecule has 0 aliphatic carbocycles.